The van der Waals surface area contributed by atoms with E-state index in [0.717, 1.165) is 36.4 Å². The lowest BCUT2D eigenvalue weighted by Gasteiger charge is -2.38. The van der Waals surface area contributed by atoms with Crippen molar-refractivity contribution in [3.8, 4) is 0 Å². The Hall–Kier alpha value is -2.66. The number of carbonyl (C=O) groups excluding carboxylic acids is 2. The van der Waals surface area contributed by atoms with Crippen molar-refractivity contribution in [3.63, 3.8) is 0 Å². The van der Waals surface area contributed by atoms with Crippen LogP contribution in [0.2, 0.25) is 0 Å². The van der Waals surface area contributed by atoms with Crippen LogP contribution in [0.1, 0.15) is 30.5 Å². The highest BCUT2D eigenvalue weighted by Gasteiger charge is 2.40. The van der Waals surface area contributed by atoms with Crippen LogP contribution in [0.15, 0.2) is 48.5 Å². The van der Waals surface area contributed by atoms with Crippen LogP contribution >= 0.6 is 0 Å². The zero-order chi connectivity index (χ0) is 21.0. The third kappa shape index (κ3) is 5.04. The predicted octanol–water partition coefficient (Wildman–Crippen LogP) is 3.61. The zero-order valence-electron chi connectivity index (χ0n) is 17.9. The van der Waals surface area contributed by atoms with E-state index < -0.39 is 5.41 Å². The molecule has 0 aliphatic carbocycles. The summed E-state index contributed by atoms with van der Waals surface area (Å²) in [5.74, 6) is -0.375. The van der Waals surface area contributed by atoms with Crippen LogP contribution in [0.4, 0.5) is 5.69 Å². The van der Waals surface area contributed by atoms with E-state index in [1.54, 1.807) is 13.8 Å². The van der Waals surface area contributed by atoms with Crippen LogP contribution < -0.4 is 5.32 Å². The number of piperazine rings is 1. The summed E-state index contributed by atoms with van der Waals surface area (Å²) >= 11 is 0. The highest BCUT2D eigenvalue weighted by atomic mass is 16.2. The Morgan fingerprint density at radius 2 is 1.62 bits per heavy atom. The number of hydrogen-bond donors (Lipinski definition) is 1. The first kappa shape index (κ1) is 21.1. The maximum atomic E-state index is 13.1. The molecule has 1 fully saturated rings. The monoisotopic (exact) mass is 393 g/mol. The lowest BCUT2D eigenvalue weighted by Crippen LogP contribution is -2.54. The van der Waals surface area contributed by atoms with Gasteiger partial charge in [0.15, 0.2) is 0 Å². The van der Waals surface area contributed by atoms with Crippen LogP contribution in [0, 0.1) is 19.3 Å². The smallest absolute Gasteiger partial charge is 0.239 e. The van der Waals surface area contributed by atoms with E-state index in [9.17, 15) is 9.59 Å². The summed E-state index contributed by atoms with van der Waals surface area (Å²) in [7, 11) is 0. The van der Waals surface area contributed by atoms with E-state index in [4.69, 9.17) is 0 Å². The molecule has 0 aromatic heterocycles. The van der Waals surface area contributed by atoms with Gasteiger partial charge in [0, 0.05) is 38.4 Å². The topological polar surface area (TPSA) is 52.7 Å². The molecular weight excluding hydrogens is 362 g/mol. The molecule has 0 unspecified atom stereocenters. The van der Waals surface area contributed by atoms with Gasteiger partial charge in [-0.3, -0.25) is 14.5 Å². The summed E-state index contributed by atoms with van der Waals surface area (Å²) < 4.78 is 0. The lowest BCUT2D eigenvalue weighted by atomic mass is 9.89. The van der Waals surface area contributed by atoms with Gasteiger partial charge in [-0.25, -0.2) is 0 Å². The summed E-state index contributed by atoms with van der Waals surface area (Å²) in [4.78, 5) is 30.2. The van der Waals surface area contributed by atoms with Crippen LogP contribution in [0.5, 0.6) is 0 Å². The fourth-order valence-corrected chi connectivity index (χ4v) is 3.68. The first-order chi connectivity index (χ1) is 13.8. The minimum absolute atomic E-state index is 0.112. The van der Waals surface area contributed by atoms with Gasteiger partial charge in [-0.05, 0) is 44.9 Å². The van der Waals surface area contributed by atoms with E-state index in [0.29, 0.717) is 13.1 Å². The van der Waals surface area contributed by atoms with Gasteiger partial charge in [0.2, 0.25) is 11.8 Å². The Balaban J connectivity index is 1.58. The number of anilines is 1. The molecule has 5 nitrogen and oxygen atoms in total. The standard InChI is InChI=1S/C24H31N3O2/c1-18-10-11-21(19(2)16-18)25-22(28)24(3,4)23(29)27-14-12-26(13-15-27)17-20-8-6-5-7-9-20/h5-11,16H,12-15,17H2,1-4H3,(H,25,28). The molecule has 2 aromatic carbocycles. The number of hydrogen-bond acceptors (Lipinski definition) is 3. The molecule has 1 saturated heterocycles. The molecule has 1 N–H and O–H groups in total. The summed E-state index contributed by atoms with van der Waals surface area (Å²) in [5.41, 5.74) is 3.06. The summed E-state index contributed by atoms with van der Waals surface area (Å²) in [6, 6.07) is 16.2. The number of amides is 2. The van der Waals surface area contributed by atoms with Crippen molar-refractivity contribution in [2.24, 2.45) is 5.41 Å². The number of aryl methyl sites for hydroxylation is 2. The fraction of sp³-hybridized carbons (Fsp3) is 0.417. The van der Waals surface area contributed by atoms with Gasteiger partial charge >= 0.3 is 0 Å². The SMILES string of the molecule is Cc1ccc(NC(=O)C(C)(C)C(=O)N2CCN(Cc3ccccc3)CC2)c(C)c1. The van der Waals surface area contributed by atoms with Gasteiger partial charge in [-0.2, -0.15) is 0 Å². The third-order valence-electron chi connectivity index (χ3n) is 5.64. The molecule has 0 bridgehead atoms. The molecule has 5 heteroatoms. The van der Waals surface area contributed by atoms with Crippen molar-refractivity contribution in [3.05, 3.63) is 65.2 Å². The summed E-state index contributed by atoms with van der Waals surface area (Å²) in [6.45, 7) is 11.2. The Labute approximate surface area is 173 Å². The first-order valence-corrected chi connectivity index (χ1v) is 10.2. The first-order valence-electron chi connectivity index (χ1n) is 10.2. The van der Waals surface area contributed by atoms with Crippen LogP contribution in [-0.4, -0.2) is 47.8 Å². The molecule has 0 saturated carbocycles. The van der Waals surface area contributed by atoms with Crippen molar-refractivity contribution in [1.82, 2.24) is 9.80 Å². The van der Waals surface area contributed by atoms with Crippen molar-refractivity contribution < 1.29 is 9.59 Å². The molecule has 3 rings (SSSR count). The van der Waals surface area contributed by atoms with E-state index in [-0.39, 0.29) is 11.8 Å². The highest BCUT2D eigenvalue weighted by Crippen LogP contribution is 2.25. The van der Waals surface area contributed by atoms with Gasteiger partial charge < -0.3 is 10.2 Å². The van der Waals surface area contributed by atoms with Gasteiger partial charge in [0.05, 0.1) is 0 Å². The van der Waals surface area contributed by atoms with Crippen molar-refractivity contribution >= 4 is 17.5 Å². The summed E-state index contributed by atoms with van der Waals surface area (Å²) in [6.07, 6.45) is 0. The maximum absolute atomic E-state index is 13.1. The molecule has 1 aliphatic rings. The molecular formula is C24H31N3O2. The Bertz CT molecular complexity index is 869. The van der Waals surface area contributed by atoms with Gasteiger partial charge in [-0.15, -0.1) is 0 Å². The number of nitrogens with zero attached hydrogens (tertiary/aromatic N) is 2. The number of nitrogens with one attached hydrogen (secondary N) is 1. The van der Waals surface area contributed by atoms with Crippen molar-refractivity contribution in [2.75, 3.05) is 31.5 Å². The maximum Gasteiger partial charge on any atom is 0.239 e. The molecule has 0 spiro atoms. The molecule has 2 amide bonds. The van der Waals surface area contributed by atoms with Crippen LogP contribution in [0.3, 0.4) is 0 Å². The van der Waals surface area contributed by atoms with E-state index >= 15 is 0 Å². The zero-order valence-corrected chi connectivity index (χ0v) is 17.9. The predicted molar refractivity (Wildman–Crippen MR) is 117 cm³/mol. The largest absolute Gasteiger partial charge is 0.339 e. The number of carbonyl (C=O) groups is 2. The van der Waals surface area contributed by atoms with Crippen LogP contribution in [0.25, 0.3) is 0 Å². The second kappa shape index (κ2) is 8.78. The molecule has 1 heterocycles. The average Bonchev–Trinajstić information content (AvgIpc) is 2.71. The number of rotatable bonds is 5. The molecule has 154 valence electrons. The fourth-order valence-electron chi connectivity index (χ4n) is 3.68. The van der Waals surface area contributed by atoms with Gasteiger partial charge in [-0.1, -0.05) is 48.0 Å². The molecule has 29 heavy (non-hydrogen) atoms. The van der Waals surface area contributed by atoms with Crippen molar-refractivity contribution in [2.45, 2.75) is 34.2 Å². The summed E-state index contributed by atoms with van der Waals surface area (Å²) in [5, 5.41) is 2.94. The average molecular weight is 394 g/mol. The molecule has 0 radical (unpaired) electrons. The second-order valence-electron chi connectivity index (χ2n) is 8.45. The van der Waals surface area contributed by atoms with E-state index in [2.05, 4.69) is 22.3 Å². The van der Waals surface area contributed by atoms with Crippen LogP contribution in [-0.2, 0) is 16.1 Å². The third-order valence-corrected chi connectivity index (χ3v) is 5.64. The Morgan fingerprint density at radius 3 is 2.24 bits per heavy atom. The van der Waals surface area contributed by atoms with Gasteiger partial charge in [0.1, 0.15) is 5.41 Å². The Kier molecular flexibility index (Phi) is 6.38. The molecule has 2 aromatic rings. The quantitative estimate of drug-likeness (QED) is 0.790. The minimum atomic E-state index is -1.11. The number of benzene rings is 2. The highest BCUT2D eigenvalue weighted by molar-refractivity contribution is 6.10. The van der Waals surface area contributed by atoms with E-state index in [1.165, 1.54) is 5.56 Å². The normalized spacial score (nSPS) is 15.2. The van der Waals surface area contributed by atoms with Gasteiger partial charge in [0.25, 0.3) is 0 Å². The minimum Gasteiger partial charge on any atom is -0.339 e. The Morgan fingerprint density at radius 1 is 0.966 bits per heavy atom. The molecule has 1 aliphatic heterocycles. The molecule has 0 atom stereocenters. The van der Waals surface area contributed by atoms with E-state index in [1.807, 2.05) is 55.1 Å². The van der Waals surface area contributed by atoms with Crippen molar-refractivity contribution in [1.29, 1.82) is 0 Å². The second-order valence-corrected chi connectivity index (χ2v) is 8.45. The lowest BCUT2D eigenvalue weighted by molar-refractivity contribution is -0.147.